The third kappa shape index (κ3) is 4.08. The Hall–Kier alpha value is -3.35. The molecule has 3 heterocycles. The van der Waals surface area contributed by atoms with Gasteiger partial charge in [0, 0.05) is 32.9 Å². The molecule has 0 saturated carbocycles. The van der Waals surface area contributed by atoms with Gasteiger partial charge in [-0.3, -0.25) is 18.7 Å². The number of carbonyl (C=O) groups is 1. The van der Waals surface area contributed by atoms with Crippen molar-refractivity contribution in [1.29, 1.82) is 0 Å². The maximum absolute atomic E-state index is 13.0. The summed E-state index contributed by atoms with van der Waals surface area (Å²) in [6.45, 7) is 2.91. The SMILES string of the molecule is Cc1ccc(S(=O)(=O)N2CCOCC2)cc1NC(=O)c1ccc2c(=O)n(C)c(=O)n(C)c2n1. The summed E-state index contributed by atoms with van der Waals surface area (Å²) in [6.07, 6.45) is 0. The van der Waals surface area contributed by atoms with Gasteiger partial charge in [0.05, 0.1) is 23.5 Å². The highest BCUT2D eigenvalue weighted by atomic mass is 32.2. The summed E-state index contributed by atoms with van der Waals surface area (Å²) in [5.41, 5.74) is -0.0398. The lowest BCUT2D eigenvalue weighted by molar-refractivity contribution is 0.0730. The maximum Gasteiger partial charge on any atom is 0.332 e. The van der Waals surface area contributed by atoms with Crippen molar-refractivity contribution in [3.8, 4) is 0 Å². The van der Waals surface area contributed by atoms with Crippen molar-refractivity contribution >= 4 is 32.7 Å². The molecule has 3 aromatic rings. The number of ether oxygens (including phenoxy) is 1. The number of nitrogens with zero attached hydrogens (tertiary/aromatic N) is 4. The molecule has 0 radical (unpaired) electrons. The molecule has 1 N–H and O–H groups in total. The van der Waals surface area contributed by atoms with Crippen LogP contribution in [0.3, 0.4) is 0 Å². The summed E-state index contributed by atoms with van der Waals surface area (Å²) in [6, 6.07) is 7.34. The highest BCUT2D eigenvalue weighted by Crippen LogP contribution is 2.24. The molecular formula is C21H23N5O6S. The molecule has 1 aliphatic heterocycles. The first-order valence-electron chi connectivity index (χ1n) is 10.2. The number of morpholine rings is 1. The number of rotatable bonds is 4. The van der Waals surface area contributed by atoms with Crippen LogP contribution in [0.15, 0.2) is 44.8 Å². The number of hydrogen-bond donors (Lipinski definition) is 1. The maximum atomic E-state index is 13.0. The fourth-order valence-electron chi connectivity index (χ4n) is 3.60. The fraction of sp³-hybridized carbons (Fsp3) is 0.333. The van der Waals surface area contributed by atoms with Crippen molar-refractivity contribution in [3.05, 3.63) is 62.4 Å². The van der Waals surface area contributed by atoms with Crippen molar-refractivity contribution in [2.24, 2.45) is 14.1 Å². The third-order valence-corrected chi connectivity index (χ3v) is 7.49. The topological polar surface area (TPSA) is 133 Å². The summed E-state index contributed by atoms with van der Waals surface area (Å²) in [5.74, 6) is -0.603. The lowest BCUT2D eigenvalue weighted by Gasteiger charge is -2.26. The third-order valence-electron chi connectivity index (χ3n) is 5.60. The molecular weight excluding hydrogens is 450 g/mol. The van der Waals surface area contributed by atoms with Crippen molar-refractivity contribution in [3.63, 3.8) is 0 Å². The molecule has 0 aliphatic carbocycles. The van der Waals surface area contributed by atoms with Crippen LogP contribution in [0.4, 0.5) is 5.69 Å². The van der Waals surface area contributed by atoms with Crippen LogP contribution in [0, 0.1) is 6.92 Å². The highest BCUT2D eigenvalue weighted by molar-refractivity contribution is 7.89. The van der Waals surface area contributed by atoms with Crippen LogP contribution in [-0.2, 0) is 28.9 Å². The summed E-state index contributed by atoms with van der Waals surface area (Å²) in [7, 11) is -0.911. The van der Waals surface area contributed by atoms with E-state index in [-0.39, 0.29) is 34.7 Å². The first-order chi connectivity index (χ1) is 15.6. The van der Waals surface area contributed by atoms with Crippen LogP contribution in [0.5, 0.6) is 0 Å². The molecule has 174 valence electrons. The van der Waals surface area contributed by atoms with E-state index in [0.29, 0.717) is 24.5 Å². The smallest absolute Gasteiger partial charge is 0.332 e. The number of carbonyl (C=O) groups excluding carboxylic acids is 1. The normalized spacial score (nSPS) is 15.0. The van der Waals surface area contributed by atoms with E-state index in [4.69, 9.17) is 4.74 Å². The number of fused-ring (bicyclic) bond motifs is 1. The van der Waals surface area contributed by atoms with Gasteiger partial charge in [-0.25, -0.2) is 18.2 Å². The average molecular weight is 474 g/mol. The second-order valence-corrected chi connectivity index (χ2v) is 9.66. The number of amides is 1. The van der Waals surface area contributed by atoms with Gasteiger partial charge in [0.1, 0.15) is 11.3 Å². The van der Waals surface area contributed by atoms with Crippen LogP contribution < -0.4 is 16.6 Å². The van der Waals surface area contributed by atoms with Gasteiger partial charge in [-0.2, -0.15) is 4.31 Å². The number of aryl methyl sites for hydroxylation is 2. The summed E-state index contributed by atoms with van der Waals surface area (Å²) in [5, 5.41) is 2.89. The molecule has 1 amide bonds. The zero-order valence-corrected chi connectivity index (χ0v) is 19.2. The molecule has 1 fully saturated rings. The van der Waals surface area contributed by atoms with Crippen LogP contribution >= 0.6 is 0 Å². The Bertz CT molecular complexity index is 1490. The number of aromatic nitrogens is 3. The molecule has 33 heavy (non-hydrogen) atoms. The number of hydrogen-bond acceptors (Lipinski definition) is 7. The quantitative estimate of drug-likeness (QED) is 0.573. The Morgan fingerprint density at radius 3 is 2.45 bits per heavy atom. The van der Waals surface area contributed by atoms with Crippen molar-refractivity contribution in [2.45, 2.75) is 11.8 Å². The van der Waals surface area contributed by atoms with E-state index < -0.39 is 27.2 Å². The zero-order valence-electron chi connectivity index (χ0n) is 18.4. The van der Waals surface area contributed by atoms with Crippen molar-refractivity contribution < 1.29 is 17.9 Å². The van der Waals surface area contributed by atoms with Crippen molar-refractivity contribution in [1.82, 2.24) is 18.4 Å². The summed E-state index contributed by atoms with van der Waals surface area (Å²) in [4.78, 5) is 41.7. The molecule has 4 rings (SSSR count). The Labute approximate surface area is 189 Å². The van der Waals surface area contributed by atoms with E-state index in [0.717, 1.165) is 4.57 Å². The zero-order chi connectivity index (χ0) is 23.9. The lowest BCUT2D eigenvalue weighted by Crippen LogP contribution is -2.40. The molecule has 0 atom stereocenters. The molecule has 12 heteroatoms. The highest BCUT2D eigenvalue weighted by Gasteiger charge is 2.27. The van der Waals surface area contributed by atoms with Crippen LogP contribution in [0.2, 0.25) is 0 Å². The number of nitrogens with one attached hydrogen (secondary N) is 1. The molecule has 0 spiro atoms. The number of pyridine rings is 1. The van der Waals surface area contributed by atoms with Gasteiger partial charge >= 0.3 is 5.69 Å². The van der Waals surface area contributed by atoms with E-state index >= 15 is 0 Å². The molecule has 11 nitrogen and oxygen atoms in total. The molecule has 0 unspecified atom stereocenters. The van der Waals surface area contributed by atoms with E-state index in [1.807, 2.05) is 0 Å². The predicted octanol–water partition coefficient (Wildman–Crippen LogP) is 0.214. The fourth-order valence-corrected chi connectivity index (χ4v) is 5.03. The minimum Gasteiger partial charge on any atom is -0.379 e. The van der Waals surface area contributed by atoms with Crippen LogP contribution in [0.1, 0.15) is 16.1 Å². The van der Waals surface area contributed by atoms with Gasteiger partial charge in [0.15, 0.2) is 0 Å². The monoisotopic (exact) mass is 473 g/mol. The van der Waals surface area contributed by atoms with Gasteiger partial charge in [-0.15, -0.1) is 0 Å². The Balaban J connectivity index is 1.68. The molecule has 1 aliphatic rings. The van der Waals surface area contributed by atoms with E-state index in [2.05, 4.69) is 10.3 Å². The van der Waals surface area contributed by atoms with Gasteiger partial charge < -0.3 is 10.1 Å². The Morgan fingerprint density at radius 2 is 1.76 bits per heavy atom. The Kier molecular flexibility index (Phi) is 5.91. The number of benzene rings is 1. The van der Waals surface area contributed by atoms with E-state index in [1.165, 1.54) is 47.2 Å². The molecule has 0 bridgehead atoms. The Morgan fingerprint density at radius 1 is 1.06 bits per heavy atom. The minimum absolute atomic E-state index is 0.0217. The van der Waals surface area contributed by atoms with Crippen LogP contribution in [0.25, 0.3) is 11.0 Å². The van der Waals surface area contributed by atoms with Gasteiger partial charge in [0.25, 0.3) is 11.5 Å². The number of anilines is 1. The second kappa shape index (κ2) is 8.54. The molecule has 1 saturated heterocycles. The molecule has 1 aromatic carbocycles. The van der Waals surface area contributed by atoms with Gasteiger partial charge in [0.2, 0.25) is 10.0 Å². The van der Waals surface area contributed by atoms with E-state index in [1.54, 1.807) is 13.0 Å². The predicted molar refractivity (Wildman–Crippen MR) is 121 cm³/mol. The largest absolute Gasteiger partial charge is 0.379 e. The first-order valence-corrected chi connectivity index (χ1v) is 11.6. The van der Waals surface area contributed by atoms with Gasteiger partial charge in [-0.05, 0) is 36.8 Å². The number of sulfonamides is 1. The van der Waals surface area contributed by atoms with Gasteiger partial charge in [-0.1, -0.05) is 6.07 Å². The molecule has 2 aromatic heterocycles. The summed E-state index contributed by atoms with van der Waals surface area (Å²) < 4.78 is 34.6. The van der Waals surface area contributed by atoms with Crippen LogP contribution in [-0.4, -0.2) is 59.1 Å². The second-order valence-electron chi connectivity index (χ2n) is 7.72. The van der Waals surface area contributed by atoms with Crippen molar-refractivity contribution in [2.75, 3.05) is 31.6 Å². The lowest BCUT2D eigenvalue weighted by atomic mass is 10.2. The first kappa shape index (κ1) is 22.8. The minimum atomic E-state index is -3.74. The average Bonchev–Trinajstić information content (AvgIpc) is 2.82. The standard InChI is InChI=1S/C21H23N5O6S/c1-13-4-5-14(33(30,31)26-8-10-32-11-9-26)12-17(13)23-19(27)16-7-6-15-18(22-16)24(2)21(29)25(3)20(15)28/h4-7,12H,8-11H2,1-3H3,(H,23,27). The summed E-state index contributed by atoms with van der Waals surface area (Å²) >= 11 is 0. The van der Waals surface area contributed by atoms with E-state index in [9.17, 15) is 22.8 Å².